The van der Waals surface area contributed by atoms with Gasteiger partial charge in [0.25, 0.3) is 5.91 Å². The molecule has 5 heteroatoms. The summed E-state index contributed by atoms with van der Waals surface area (Å²) in [5, 5.41) is 2.91. The molecule has 0 unspecified atom stereocenters. The van der Waals surface area contributed by atoms with Gasteiger partial charge < -0.3 is 5.32 Å². The van der Waals surface area contributed by atoms with Gasteiger partial charge in [0, 0.05) is 5.69 Å². The van der Waals surface area contributed by atoms with Gasteiger partial charge in [-0.15, -0.1) is 0 Å². The molecule has 2 aliphatic carbocycles. The third kappa shape index (κ3) is 2.71. The van der Waals surface area contributed by atoms with E-state index in [-0.39, 0.29) is 29.6 Å². The molecule has 0 radical (unpaired) electrons. The number of para-hydroxylation sites is 1. The standard InChI is InChI=1S/C24H24N2O3/c1-13-7-10-17(11-14(13)2)25-22(27)18-5-3-4-6-19(18)26-23(28)20-15-8-9-16(12-15)21(20)24(26)29/h3-7,10-11,15-16,20-21H,8-9,12H2,1-2H3,(H,25,27)/t15-,16+,20-,21-/m0/s1. The number of anilines is 2. The quantitative estimate of drug-likeness (QED) is 0.806. The van der Waals surface area contributed by atoms with Crippen LogP contribution in [0.2, 0.25) is 0 Å². The van der Waals surface area contributed by atoms with E-state index in [4.69, 9.17) is 0 Å². The summed E-state index contributed by atoms with van der Waals surface area (Å²) in [6, 6.07) is 12.6. The Kier molecular flexibility index (Phi) is 4.09. The summed E-state index contributed by atoms with van der Waals surface area (Å²) in [5.41, 5.74) is 3.68. The maximum atomic E-state index is 13.2. The summed E-state index contributed by atoms with van der Waals surface area (Å²) >= 11 is 0. The molecule has 5 rings (SSSR count). The Morgan fingerprint density at radius 2 is 1.59 bits per heavy atom. The van der Waals surface area contributed by atoms with E-state index < -0.39 is 0 Å². The molecule has 3 fully saturated rings. The molecule has 29 heavy (non-hydrogen) atoms. The van der Waals surface area contributed by atoms with Crippen molar-refractivity contribution in [3.05, 3.63) is 59.2 Å². The van der Waals surface area contributed by atoms with Crippen LogP contribution in [0.4, 0.5) is 11.4 Å². The summed E-state index contributed by atoms with van der Waals surface area (Å²) in [4.78, 5) is 40.7. The Balaban J connectivity index is 1.47. The lowest BCUT2D eigenvalue weighted by Crippen LogP contribution is -2.34. The average Bonchev–Trinajstić information content (AvgIpc) is 3.39. The summed E-state index contributed by atoms with van der Waals surface area (Å²) < 4.78 is 0. The molecule has 1 heterocycles. The monoisotopic (exact) mass is 388 g/mol. The van der Waals surface area contributed by atoms with Crippen LogP contribution >= 0.6 is 0 Å². The van der Waals surface area contributed by atoms with Crippen molar-refractivity contribution in [1.82, 2.24) is 0 Å². The van der Waals surface area contributed by atoms with Crippen LogP contribution in [-0.2, 0) is 9.59 Å². The minimum atomic E-state index is -0.315. The molecule has 0 spiro atoms. The normalized spacial score (nSPS) is 27.4. The molecule has 3 amide bonds. The molecule has 2 aromatic carbocycles. The second kappa shape index (κ2) is 6.55. The Labute approximate surface area is 170 Å². The lowest BCUT2D eigenvalue weighted by Gasteiger charge is -2.20. The molecule has 5 nitrogen and oxygen atoms in total. The van der Waals surface area contributed by atoms with Gasteiger partial charge in [0.1, 0.15) is 0 Å². The molecule has 148 valence electrons. The minimum absolute atomic E-state index is 0.126. The largest absolute Gasteiger partial charge is 0.322 e. The zero-order valence-electron chi connectivity index (χ0n) is 16.6. The van der Waals surface area contributed by atoms with Gasteiger partial charge in [-0.1, -0.05) is 18.2 Å². The van der Waals surface area contributed by atoms with E-state index in [1.54, 1.807) is 24.3 Å². The number of carbonyl (C=O) groups excluding carboxylic acids is 3. The first-order valence-electron chi connectivity index (χ1n) is 10.3. The highest BCUT2D eigenvalue weighted by atomic mass is 16.2. The Morgan fingerprint density at radius 1 is 0.931 bits per heavy atom. The molecule has 0 aromatic heterocycles. The Hall–Kier alpha value is -2.95. The number of hydrogen-bond acceptors (Lipinski definition) is 3. The van der Waals surface area contributed by atoms with E-state index in [9.17, 15) is 14.4 Å². The number of nitrogens with zero attached hydrogens (tertiary/aromatic N) is 1. The van der Waals surface area contributed by atoms with Crippen molar-refractivity contribution < 1.29 is 14.4 Å². The highest BCUT2D eigenvalue weighted by molar-refractivity contribution is 6.25. The van der Waals surface area contributed by atoms with Crippen LogP contribution in [0, 0.1) is 37.5 Å². The van der Waals surface area contributed by atoms with Crippen molar-refractivity contribution in [2.45, 2.75) is 33.1 Å². The number of imide groups is 1. The van der Waals surface area contributed by atoms with Gasteiger partial charge in [-0.25, -0.2) is 4.90 Å². The van der Waals surface area contributed by atoms with Crippen LogP contribution in [0.3, 0.4) is 0 Å². The Bertz CT molecular complexity index is 1020. The number of rotatable bonds is 3. The third-order valence-corrected chi connectivity index (χ3v) is 7.08. The molecule has 2 saturated carbocycles. The van der Waals surface area contributed by atoms with Crippen LogP contribution in [0.1, 0.15) is 40.7 Å². The molecule has 4 atom stereocenters. The predicted octanol–water partition coefficient (Wildman–Crippen LogP) is 4.09. The van der Waals surface area contributed by atoms with Crippen LogP contribution < -0.4 is 10.2 Å². The van der Waals surface area contributed by atoms with Crippen molar-refractivity contribution in [1.29, 1.82) is 0 Å². The smallest absolute Gasteiger partial charge is 0.257 e. The van der Waals surface area contributed by atoms with E-state index in [0.29, 0.717) is 28.8 Å². The second-order valence-corrected chi connectivity index (χ2v) is 8.67. The minimum Gasteiger partial charge on any atom is -0.322 e. The van der Waals surface area contributed by atoms with Gasteiger partial charge in [-0.2, -0.15) is 0 Å². The molecule has 1 N–H and O–H groups in total. The van der Waals surface area contributed by atoms with Crippen LogP contribution in [0.25, 0.3) is 0 Å². The van der Waals surface area contributed by atoms with Gasteiger partial charge >= 0.3 is 0 Å². The van der Waals surface area contributed by atoms with Crippen molar-refractivity contribution in [3.8, 4) is 0 Å². The molecule has 1 saturated heterocycles. The first-order valence-corrected chi connectivity index (χ1v) is 10.3. The van der Waals surface area contributed by atoms with Gasteiger partial charge in [0.05, 0.1) is 23.1 Å². The Morgan fingerprint density at radius 3 is 2.24 bits per heavy atom. The molecule has 1 aliphatic heterocycles. The van der Waals surface area contributed by atoms with Gasteiger partial charge in [0.15, 0.2) is 0 Å². The third-order valence-electron chi connectivity index (χ3n) is 7.08. The second-order valence-electron chi connectivity index (χ2n) is 8.67. The van der Waals surface area contributed by atoms with Crippen LogP contribution in [-0.4, -0.2) is 17.7 Å². The van der Waals surface area contributed by atoms with Crippen LogP contribution in [0.15, 0.2) is 42.5 Å². The van der Waals surface area contributed by atoms with Gasteiger partial charge in [-0.3, -0.25) is 14.4 Å². The van der Waals surface area contributed by atoms with E-state index >= 15 is 0 Å². The summed E-state index contributed by atoms with van der Waals surface area (Å²) in [6.07, 6.45) is 3.07. The number of carbonyl (C=O) groups is 3. The molecular formula is C24H24N2O3. The van der Waals surface area contributed by atoms with E-state index in [2.05, 4.69) is 5.32 Å². The number of nitrogens with one attached hydrogen (secondary N) is 1. The summed E-state index contributed by atoms with van der Waals surface area (Å²) in [7, 11) is 0. The maximum absolute atomic E-state index is 13.2. The number of amides is 3. The predicted molar refractivity (Wildman–Crippen MR) is 111 cm³/mol. The SMILES string of the molecule is Cc1ccc(NC(=O)c2ccccc2N2C(=O)[C@H]3[C@@H]4CC[C@@H](C4)[C@@H]3C2=O)cc1C. The highest BCUT2D eigenvalue weighted by Gasteiger charge is 2.61. The summed E-state index contributed by atoms with van der Waals surface area (Å²) in [6.45, 7) is 4.01. The number of benzene rings is 2. The maximum Gasteiger partial charge on any atom is 0.257 e. The van der Waals surface area contributed by atoms with Crippen molar-refractivity contribution in [2.75, 3.05) is 10.2 Å². The first kappa shape index (κ1) is 18.1. The zero-order chi connectivity index (χ0) is 20.3. The van der Waals surface area contributed by atoms with Crippen molar-refractivity contribution in [2.24, 2.45) is 23.7 Å². The number of hydrogen-bond donors (Lipinski definition) is 1. The summed E-state index contributed by atoms with van der Waals surface area (Å²) in [5.74, 6) is -0.318. The number of fused-ring (bicyclic) bond motifs is 5. The van der Waals surface area contributed by atoms with Crippen molar-refractivity contribution in [3.63, 3.8) is 0 Å². The molecule has 3 aliphatic rings. The van der Waals surface area contributed by atoms with E-state index in [0.717, 1.165) is 30.4 Å². The van der Waals surface area contributed by atoms with Crippen LogP contribution in [0.5, 0.6) is 0 Å². The first-order chi connectivity index (χ1) is 14.0. The van der Waals surface area contributed by atoms with Crippen molar-refractivity contribution >= 4 is 29.1 Å². The van der Waals surface area contributed by atoms with E-state index in [1.807, 2.05) is 32.0 Å². The highest BCUT2D eigenvalue weighted by Crippen LogP contribution is 2.56. The fourth-order valence-electron chi connectivity index (χ4n) is 5.52. The fraction of sp³-hybridized carbons (Fsp3) is 0.375. The lowest BCUT2D eigenvalue weighted by molar-refractivity contribution is -0.123. The molecular weight excluding hydrogens is 364 g/mol. The number of aryl methyl sites for hydroxylation is 2. The molecule has 2 bridgehead atoms. The topological polar surface area (TPSA) is 66.5 Å². The fourth-order valence-corrected chi connectivity index (χ4v) is 5.52. The average molecular weight is 388 g/mol. The van der Waals surface area contributed by atoms with Gasteiger partial charge in [-0.05, 0) is 80.3 Å². The molecule has 2 aromatic rings. The van der Waals surface area contributed by atoms with E-state index in [1.165, 1.54) is 4.90 Å². The lowest BCUT2D eigenvalue weighted by atomic mass is 9.81. The zero-order valence-corrected chi connectivity index (χ0v) is 16.6. The van der Waals surface area contributed by atoms with Gasteiger partial charge in [0.2, 0.25) is 11.8 Å².